The number of rotatable bonds is 2. The third-order valence-corrected chi connectivity index (χ3v) is 2.72. The van der Waals surface area contributed by atoms with Gasteiger partial charge in [-0.05, 0) is 43.2 Å². The SMILES string of the molecule is C=Cc1cccc(-c2c(C)cccc2C)n1. The van der Waals surface area contributed by atoms with E-state index in [1.54, 1.807) is 6.08 Å². The minimum Gasteiger partial charge on any atom is -0.248 e. The van der Waals surface area contributed by atoms with Crippen LogP contribution in [0, 0.1) is 13.8 Å². The fraction of sp³-hybridized carbons (Fsp3) is 0.133. The molecule has 0 unspecified atom stereocenters. The summed E-state index contributed by atoms with van der Waals surface area (Å²) in [6, 6.07) is 12.3. The monoisotopic (exact) mass is 209 g/mol. The Labute approximate surface area is 96.5 Å². The number of pyridine rings is 1. The maximum Gasteiger partial charge on any atom is 0.0714 e. The molecule has 1 aromatic carbocycles. The molecule has 1 heterocycles. The van der Waals surface area contributed by atoms with E-state index in [1.165, 1.54) is 16.7 Å². The first kappa shape index (κ1) is 10.6. The Morgan fingerprint density at radius 3 is 2.25 bits per heavy atom. The van der Waals surface area contributed by atoms with Gasteiger partial charge in [-0.25, -0.2) is 4.98 Å². The van der Waals surface area contributed by atoms with Crippen LogP contribution in [-0.2, 0) is 0 Å². The van der Waals surface area contributed by atoms with E-state index in [-0.39, 0.29) is 0 Å². The number of aromatic nitrogens is 1. The molecule has 0 spiro atoms. The summed E-state index contributed by atoms with van der Waals surface area (Å²) in [5.74, 6) is 0. The van der Waals surface area contributed by atoms with Gasteiger partial charge in [0.05, 0.1) is 11.4 Å². The molecule has 0 N–H and O–H groups in total. The fourth-order valence-electron chi connectivity index (χ4n) is 1.92. The highest BCUT2D eigenvalue weighted by Crippen LogP contribution is 2.25. The molecule has 2 aromatic rings. The highest BCUT2D eigenvalue weighted by molar-refractivity contribution is 5.68. The first-order valence-electron chi connectivity index (χ1n) is 5.38. The summed E-state index contributed by atoms with van der Waals surface area (Å²) >= 11 is 0. The molecule has 0 fully saturated rings. The maximum absolute atomic E-state index is 4.57. The number of nitrogens with zero attached hydrogens (tertiary/aromatic N) is 1. The Kier molecular flexibility index (Phi) is 2.86. The number of aryl methyl sites for hydroxylation is 2. The summed E-state index contributed by atoms with van der Waals surface area (Å²) in [5.41, 5.74) is 5.68. The molecule has 0 bridgehead atoms. The van der Waals surface area contributed by atoms with Gasteiger partial charge in [-0.2, -0.15) is 0 Å². The smallest absolute Gasteiger partial charge is 0.0714 e. The van der Waals surface area contributed by atoms with Crippen LogP contribution in [0.3, 0.4) is 0 Å². The van der Waals surface area contributed by atoms with E-state index in [1.807, 2.05) is 18.2 Å². The summed E-state index contributed by atoms with van der Waals surface area (Å²) in [6.45, 7) is 7.98. The van der Waals surface area contributed by atoms with E-state index in [4.69, 9.17) is 0 Å². The van der Waals surface area contributed by atoms with E-state index in [0.717, 1.165) is 11.4 Å². The van der Waals surface area contributed by atoms with Crippen molar-refractivity contribution in [3.05, 3.63) is 59.8 Å². The Balaban J connectivity index is 2.62. The Morgan fingerprint density at radius 1 is 1.00 bits per heavy atom. The zero-order chi connectivity index (χ0) is 11.5. The topological polar surface area (TPSA) is 12.9 Å². The third kappa shape index (κ3) is 1.89. The molecule has 0 amide bonds. The van der Waals surface area contributed by atoms with Crippen molar-refractivity contribution >= 4 is 6.08 Å². The van der Waals surface area contributed by atoms with Gasteiger partial charge in [0.15, 0.2) is 0 Å². The van der Waals surface area contributed by atoms with E-state index >= 15 is 0 Å². The van der Waals surface area contributed by atoms with Gasteiger partial charge in [-0.1, -0.05) is 30.8 Å². The van der Waals surface area contributed by atoms with Crippen molar-refractivity contribution in [1.82, 2.24) is 4.98 Å². The summed E-state index contributed by atoms with van der Waals surface area (Å²) < 4.78 is 0. The maximum atomic E-state index is 4.57. The summed E-state index contributed by atoms with van der Waals surface area (Å²) in [6.07, 6.45) is 1.77. The lowest BCUT2D eigenvalue weighted by atomic mass is 9.99. The van der Waals surface area contributed by atoms with Crippen LogP contribution in [0.25, 0.3) is 17.3 Å². The van der Waals surface area contributed by atoms with Crippen LogP contribution < -0.4 is 0 Å². The summed E-state index contributed by atoms with van der Waals surface area (Å²) in [5, 5.41) is 0. The van der Waals surface area contributed by atoms with Crippen LogP contribution in [-0.4, -0.2) is 4.98 Å². The molecule has 0 aliphatic heterocycles. The molecule has 16 heavy (non-hydrogen) atoms. The first-order valence-corrected chi connectivity index (χ1v) is 5.38. The second kappa shape index (κ2) is 4.31. The molecule has 0 aliphatic carbocycles. The molecule has 2 rings (SSSR count). The average molecular weight is 209 g/mol. The Bertz CT molecular complexity index is 506. The van der Waals surface area contributed by atoms with Gasteiger partial charge in [0.25, 0.3) is 0 Å². The number of hydrogen-bond acceptors (Lipinski definition) is 1. The Hall–Kier alpha value is -1.89. The van der Waals surface area contributed by atoms with Gasteiger partial charge in [0.1, 0.15) is 0 Å². The lowest BCUT2D eigenvalue weighted by Gasteiger charge is -2.09. The van der Waals surface area contributed by atoms with Gasteiger partial charge < -0.3 is 0 Å². The molecular formula is C15H15N. The van der Waals surface area contributed by atoms with Gasteiger partial charge in [-0.15, -0.1) is 0 Å². The Morgan fingerprint density at radius 2 is 1.62 bits per heavy atom. The largest absolute Gasteiger partial charge is 0.248 e. The van der Waals surface area contributed by atoms with Gasteiger partial charge in [0.2, 0.25) is 0 Å². The third-order valence-electron chi connectivity index (χ3n) is 2.72. The van der Waals surface area contributed by atoms with Crippen LogP contribution in [0.15, 0.2) is 43.0 Å². The van der Waals surface area contributed by atoms with Crippen LogP contribution in [0.1, 0.15) is 16.8 Å². The van der Waals surface area contributed by atoms with Crippen molar-refractivity contribution in [3.8, 4) is 11.3 Å². The normalized spacial score (nSPS) is 10.1. The van der Waals surface area contributed by atoms with Crippen LogP contribution in [0.4, 0.5) is 0 Å². The molecule has 1 nitrogen and oxygen atoms in total. The fourth-order valence-corrected chi connectivity index (χ4v) is 1.92. The van der Waals surface area contributed by atoms with Crippen LogP contribution in [0.2, 0.25) is 0 Å². The zero-order valence-corrected chi connectivity index (χ0v) is 9.70. The molecule has 0 atom stereocenters. The van der Waals surface area contributed by atoms with Gasteiger partial charge in [0, 0.05) is 5.56 Å². The van der Waals surface area contributed by atoms with Gasteiger partial charge >= 0.3 is 0 Å². The van der Waals surface area contributed by atoms with E-state index in [9.17, 15) is 0 Å². The summed E-state index contributed by atoms with van der Waals surface area (Å²) in [7, 11) is 0. The lowest BCUT2D eigenvalue weighted by molar-refractivity contribution is 1.26. The molecule has 0 saturated heterocycles. The van der Waals surface area contributed by atoms with Crippen LogP contribution >= 0.6 is 0 Å². The highest BCUT2D eigenvalue weighted by atomic mass is 14.7. The quantitative estimate of drug-likeness (QED) is 0.728. The van der Waals surface area contributed by atoms with Gasteiger partial charge in [-0.3, -0.25) is 0 Å². The van der Waals surface area contributed by atoms with E-state index in [0.29, 0.717) is 0 Å². The van der Waals surface area contributed by atoms with Crippen molar-refractivity contribution in [2.45, 2.75) is 13.8 Å². The van der Waals surface area contributed by atoms with Crippen molar-refractivity contribution in [2.75, 3.05) is 0 Å². The lowest BCUT2D eigenvalue weighted by Crippen LogP contribution is -1.91. The molecule has 80 valence electrons. The van der Waals surface area contributed by atoms with Crippen molar-refractivity contribution < 1.29 is 0 Å². The standard InChI is InChI=1S/C15H15N/c1-4-13-9-6-10-14(16-13)15-11(2)7-5-8-12(15)3/h4-10H,1H2,2-3H3. The first-order chi connectivity index (χ1) is 7.72. The van der Waals surface area contributed by atoms with Crippen molar-refractivity contribution in [3.63, 3.8) is 0 Å². The average Bonchev–Trinajstić information content (AvgIpc) is 2.29. The van der Waals surface area contributed by atoms with E-state index < -0.39 is 0 Å². The highest BCUT2D eigenvalue weighted by Gasteiger charge is 2.06. The van der Waals surface area contributed by atoms with Crippen molar-refractivity contribution in [2.24, 2.45) is 0 Å². The second-order valence-corrected chi connectivity index (χ2v) is 3.92. The van der Waals surface area contributed by atoms with E-state index in [2.05, 4.69) is 43.6 Å². The molecular weight excluding hydrogens is 194 g/mol. The number of benzene rings is 1. The minimum atomic E-state index is 0.917. The predicted molar refractivity (Wildman–Crippen MR) is 69.2 cm³/mol. The minimum absolute atomic E-state index is 0.917. The summed E-state index contributed by atoms with van der Waals surface area (Å²) in [4.78, 5) is 4.57. The molecule has 0 aliphatic rings. The second-order valence-electron chi connectivity index (χ2n) is 3.92. The number of hydrogen-bond donors (Lipinski definition) is 0. The molecule has 1 heteroatoms. The molecule has 0 radical (unpaired) electrons. The predicted octanol–water partition coefficient (Wildman–Crippen LogP) is 4.01. The molecule has 1 aromatic heterocycles. The van der Waals surface area contributed by atoms with Crippen LogP contribution in [0.5, 0.6) is 0 Å². The zero-order valence-electron chi connectivity index (χ0n) is 9.70. The van der Waals surface area contributed by atoms with Crippen molar-refractivity contribution in [1.29, 1.82) is 0 Å². The molecule has 0 saturated carbocycles.